The molecule has 17 heavy (non-hydrogen) atoms. The molecule has 0 fully saturated rings. The summed E-state index contributed by atoms with van der Waals surface area (Å²) in [5.74, 6) is 0.844. The van der Waals surface area contributed by atoms with Crippen molar-refractivity contribution in [2.75, 3.05) is 11.9 Å². The van der Waals surface area contributed by atoms with Gasteiger partial charge < -0.3 is 10.3 Å². The third-order valence-corrected chi connectivity index (χ3v) is 3.08. The van der Waals surface area contributed by atoms with Gasteiger partial charge in [0, 0.05) is 11.0 Å². The number of aromatic nitrogens is 2. The maximum absolute atomic E-state index is 4.31. The van der Waals surface area contributed by atoms with Crippen molar-refractivity contribution < 1.29 is 0 Å². The van der Waals surface area contributed by atoms with Crippen LogP contribution in [0.15, 0.2) is 34.9 Å². The van der Waals surface area contributed by atoms with Gasteiger partial charge >= 0.3 is 0 Å². The number of imidazole rings is 1. The maximum Gasteiger partial charge on any atom is 0.200 e. The Balaban J connectivity index is 2.04. The van der Waals surface area contributed by atoms with Gasteiger partial charge in [-0.15, -0.1) is 0 Å². The van der Waals surface area contributed by atoms with E-state index in [2.05, 4.69) is 50.3 Å². The van der Waals surface area contributed by atoms with Crippen molar-refractivity contribution in [3.8, 4) is 11.3 Å². The number of halogens is 1. The number of H-pyrrole nitrogens is 1. The second kappa shape index (κ2) is 5.87. The maximum atomic E-state index is 4.31. The second-order valence-electron chi connectivity index (χ2n) is 3.93. The lowest BCUT2D eigenvalue weighted by Gasteiger charge is -2.00. The van der Waals surface area contributed by atoms with Crippen molar-refractivity contribution in [3.05, 3.63) is 34.9 Å². The highest BCUT2D eigenvalue weighted by molar-refractivity contribution is 9.10. The molecular weight excluding hydrogens is 278 g/mol. The van der Waals surface area contributed by atoms with Crippen molar-refractivity contribution in [2.45, 2.75) is 19.8 Å². The number of unbranched alkanes of at least 4 members (excludes halogenated alkanes) is 1. The zero-order valence-corrected chi connectivity index (χ0v) is 11.4. The van der Waals surface area contributed by atoms with Gasteiger partial charge in [0.15, 0.2) is 0 Å². The minimum atomic E-state index is 0.844. The van der Waals surface area contributed by atoms with E-state index in [4.69, 9.17) is 0 Å². The van der Waals surface area contributed by atoms with Crippen LogP contribution in [0.1, 0.15) is 19.8 Å². The van der Waals surface area contributed by atoms with E-state index in [-0.39, 0.29) is 0 Å². The van der Waals surface area contributed by atoms with Crippen molar-refractivity contribution in [1.82, 2.24) is 9.97 Å². The van der Waals surface area contributed by atoms with Crippen molar-refractivity contribution in [2.24, 2.45) is 0 Å². The molecule has 2 N–H and O–H groups in total. The fraction of sp³-hybridized carbons (Fsp3) is 0.308. The highest BCUT2D eigenvalue weighted by Gasteiger charge is 2.02. The van der Waals surface area contributed by atoms with E-state index < -0.39 is 0 Å². The topological polar surface area (TPSA) is 40.7 Å². The highest BCUT2D eigenvalue weighted by Crippen LogP contribution is 2.20. The van der Waals surface area contributed by atoms with Crippen LogP contribution in [0, 0.1) is 0 Å². The van der Waals surface area contributed by atoms with Crippen LogP contribution in [0.5, 0.6) is 0 Å². The smallest absolute Gasteiger partial charge is 0.200 e. The van der Waals surface area contributed by atoms with Crippen LogP contribution in [-0.4, -0.2) is 16.5 Å². The Bertz CT molecular complexity index is 462. The lowest BCUT2D eigenvalue weighted by molar-refractivity contribution is 0.828. The van der Waals surface area contributed by atoms with Crippen LogP contribution in [0.25, 0.3) is 11.3 Å². The van der Waals surface area contributed by atoms with Gasteiger partial charge in [0.25, 0.3) is 0 Å². The lowest BCUT2D eigenvalue weighted by Crippen LogP contribution is -2.01. The normalized spacial score (nSPS) is 10.5. The van der Waals surface area contributed by atoms with Crippen LogP contribution >= 0.6 is 15.9 Å². The number of benzene rings is 1. The van der Waals surface area contributed by atoms with E-state index in [1.54, 1.807) is 0 Å². The summed E-state index contributed by atoms with van der Waals surface area (Å²) in [6.45, 7) is 3.14. The van der Waals surface area contributed by atoms with E-state index in [1.807, 2.05) is 18.3 Å². The monoisotopic (exact) mass is 293 g/mol. The molecule has 90 valence electrons. The average Bonchev–Trinajstić information content (AvgIpc) is 2.79. The van der Waals surface area contributed by atoms with Crippen molar-refractivity contribution >= 4 is 21.9 Å². The minimum Gasteiger partial charge on any atom is -0.356 e. The van der Waals surface area contributed by atoms with Gasteiger partial charge in [-0.2, -0.15) is 0 Å². The van der Waals surface area contributed by atoms with Gasteiger partial charge in [0.1, 0.15) is 0 Å². The first-order valence-corrected chi connectivity index (χ1v) is 6.63. The zero-order chi connectivity index (χ0) is 12.1. The molecule has 3 nitrogen and oxygen atoms in total. The number of hydrogen-bond acceptors (Lipinski definition) is 2. The Morgan fingerprint density at radius 2 is 2.06 bits per heavy atom. The Morgan fingerprint density at radius 1 is 1.29 bits per heavy atom. The second-order valence-corrected chi connectivity index (χ2v) is 4.85. The number of anilines is 1. The molecule has 0 aliphatic heterocycles. The number of aromatic amines is 1. The van der Waals surface area contributed by atoms with Crippen molar-refractivity contribution in [3.63, 3.8) is 0 Å². The first kappa shape index (κ1) is 12.2. The largest absolute Gasteiger partial charge is 0.356 e. The molecule has 0 atom stereocenters. The molecular formula is C13H16BrN3. The van der Waals surface area contributed by atoms with E-state index >= 15 is 0 Å². The first-order chi connectivity index (χ1) is 8.29. The molecule has 0 amide bonds. The Kier molecular flexibility index (Phi) is 4.20. The Hall–Kier alpha value is -1.29. The van der Waals surface area contributed by atoms with Gasteiger partial charge in [-0.3, -0.25) is 0 Å². The van der Waals surface area contributed by atoms with Gasteiger partial charge in [0.2, 0.25) is 5.95 Å². The summed E-state index contributed by atoms with van der Waals surface area (Å²) >= 11 is 3.43. The van der Waals surface area contributed by atoms with Crippen LogP contribution in [0.4, 0.5) is 5.95 Å². The van der Waals surface area contributed by atoms with Gasteiger partial charge in [-0.25, -0.2) is 4.98 Å². The molecule has 4 heteroatoms. The summed E-state index contributed by atoms with van der Waals surface area (Å²) < 4.78 is 1.09. The fourth-order valence-corrected chi connectivity index (χ4v) is 1.84. The third kappa shape index (κ3) is 3.33. The molecule has 0 unspecified atom stereocenters. The first-order valence-electron chi connectivity index (χ1n) is 5.84. The summed E-state index contributed by atoms with van der Waals surface area (Å²) in [6, 6.07) is 8.18. The van der Waals surface area contributed by atoms with Crippen molar-refractivity contribution in [1.29, 1.82) is 0 Å². The van der Waals surface area contributed by atoms with Gasteiger partial charge in [-0.05, 0) is 24.1 Å². The molecule has 0 saturated heterocycles. The van der Waals surface area contributed by atoms with Crippen LogP contribution in [-0.2, 0) is 0 Å². The average molecular weight is 294 g/mol. The summed E-state index contributed by atoms with van der Waals surface area (Å²) in [5, 5.41) is 3.27. The molecule has 0 radical (unpaired) electrons. The molecule has 0 aliphatic rings. The zero-order valence-electron chi connectivity index (χ0n) is 9.83. The summed E-state index contributed by atoms with van der Waals surface area (Å²) in [4.78, 5) is 7.58. The molecule has 1 aromatic heterocycles. The predicted molar refractivity (Wildman–Crippen MR) is 75.1 cm³/mol. The molecule has 1 heterocycles. The van der Waals surface area contributed by atoms with Crippen LogP contribution in [0.3, 0.4) is 0 Å². The summed E-state index contributed by atoms with van der Waals surface area (Å²) in [5.41, 5.74) is 2.18. The van der Waals surface area contributed by atoms with Gasteiger partial charge in [0.05, 0.1) is 11.9 Å². The summed E-state index contributed by atoms with van der Waals surface area (Å²) in [6.07, 6.45) is 4.21. The standard InChI is InChI=1S/C13H16BrN3/c1-2-3-8-15-13-16-9-12(17-13)10-4-6-11(14)7-5-10/h4-7,9H,2-3,8H2,1H3,(H2,15,16,17). The van der Waals surface area contributed by atoms with E-state index in [0.717, 1.165) is 34.6 Å². The molecule has 1 aromatic carbocycles. The number of hydrogen-bond donors (Lipinski definition) is 2. The molecule has 2 aromatic rings. The predicted octanol–water partition coefficient (Wildman–Crippen LogP) is 4.05. The number of rotatable bonds is 5. The van der Waals surface area contributed by atoms with E-state index in [1.165, 1.54) is 6.42 Å². The summed E-state index contributed by atoms with van der Waals surface area (Å²) in [7, 11) is 0. The van der Waals surface area contributed by atoms with Crippen LogP contribution in [0.2, 0.25) is 0 Å². The minimum absolute atomic E-state index is 0.844. The van der Waals surface area contributed by atoms with Gasteiger partial charge in [-0.1, -0.05) is 41.4 Å². The third-order valence-electron chi connectivity index (χ3n) is 2.55. The molecule has 0 bridgehead atoms. The molecule has 2 rings (SSSR count). The molecule has 0 aliphatic carbocycles. The number of nitrogens with one attached hydrogen (secondary N) is 2. The highest BCUT2D eigenvalue weighted by atomic mass is 79.9. The van der Waals surface area contributed by atoms with Crippen LogP contribution < -0.4 is 5.32 Å². The SMILES string of the molecule is CCCCNc1ncc(-c2ccc(Br)cc2)[nH]1. The quantitative estimate of drug-likeness (QED) is 0.817. The van der Waals surface area contributed by atoms with E-state index in [0.29, 0.717) is 0 Å². The number of nitrogens with zero attached hydrogens (tertiary/aromatic N) is 1. The Morgan fingerprint density at radius 3 is 2.76 bits per heavy atom. The molecule has 0 saturated carbocycles. The lowest BCUT2D eigenvalue weighted by atomic mass is 10.2. The Labute approximate surface area is 110 Å². The fourth-order valence-electron chi connectivity index (χ4n) is 1.57. The molecule has 0 spiro atoms. The van der Waals surface area contributed by atoms with E-state index in [9.17, 15) is 0 Å².